The molecule has 0 aliphatic carbocycles. The molecule has 2 heterocycles. The number of rotatable bonds is 7. The summed E-state index contributed by atoms with van der Waals surface area (Å²) in [6.07, 6.45) is 0.874. The number of halogens is 1. The van der Waals surface area contributed by atoms with Crippen LogP contribution in [0.1, 0.15) is 21.7 Å². The molecule has 1 aliphatic rings. The van der Waals surface area contributed by atoms with E-state index in [1.807, 2.05) is 30.3 Å². The third-order valence-corrected chi connectivity index (χ3v) is 5.53. The predicted octanol–water partition coefficient (Wildman–Crippen LogP) is 3.22. The minimum Gasteiger partial charge on any atom is -0.457 e. The molecule has 1 unspecified atom stereocenters. The third kappa shape index (κ3) is 4.71. The number of carbonyl (C=O) groups excluding carboxylic acids is 3. The van der Waals surface area contributed by atoms with Crippen molar-refractivity contribution in [3.05, 3.63) is 57.2 Å². The van der Waals surface area contributed by atoms with Gasteiger partial charge in [0.25, 0.3) is 0 Å². The minimum absolute atomic E-state index is 0.0563. The summed E-state index contributed by atoms with van der Waals surface area (Å²) in [5, 5.41) is 0. The van der Waals surface area contributed by atoms with Gasteiger partial charge in [-0.3, -0.25) is 14.4 Å². The van der Waals surface area contributed by atoms with Gasteiger partial charge in [0, 0.05) is 19.5 Å². The van der Waals surface area contributed by atoms with Crippen LogP contribution >= 0.6 is 22.9 Å². The fraction of sp³-hybridized carbons (Fsp3) is 0.316. The lowest BCUT2D eigenvalue weighted by Crippen LogP contribution is -2.29. The van der Waals surface area contributed by atoms with Crippen LogP contribution in [0.25, 0.3) is 0 Å². The molecule has 1 amide bonds. The molecule has 136 valence electrons. The molecule has 0 radical (unpaired) electrons. The Labute approximate surface area is 160 Å². The van der Waals surface area contributed by atoms with E-state index in [0.717, 1.165) is 23.3 Å². The minimum atomic E-state index is -0.516. The molecule has 1 aliphatic heterocycles. The lowest BCUT2D eigenvalue weighted by Gasteiger charge is -2.16. The lowest BCUT2D eigenvalue weighted by molar-refractivity contribution is -0.147. The van der Waals surface area contributed by atoms with Gasteiger partial charge in [0.05, 0.1) is 15.1 Å². The van der Waals surface area contributed by atoms with Crippen molar-refractivity contribution in [2.45, 2.75) is 12.8 Å². The number of esters is 1. The Morgan fingerprint density at radius 2 is 1.96 bits per heavy atom. The van der Waals surface area contributed by atoms with E-state index in [2.05, 4.69) is 0 Å². The molecule has 0 saturated carbocycles. The highest BCUT2D eigenvalue weighted by Crippen LogP contribution is 2.23. The van der Waals surface area contributed by atoms with Crippen molar-refractivity contribution in [3.8, 4) is 0 Å². The van der Waals surface area contributed by atoms with Crippen molar-refractivity contribution < 1.29 is 19.1 Å². The number of thiophene rings is 1. The molecule has 1 fully saturated rings. The molecule has 7 heteroatoms. The number of amides is 1. The van der Waals surface area contributed by atoms with E-state index in [9.17, 15) is 14.4 Å². The summed E-state index contributed by atoms with van der Waals surface area (Å²) in [4.78, 5) is 38.4. The number of ketones is 1. The van der Waals surface area contributed by atoms with Gasteiger partial charge < -0.3 is 9.64 Å². The highest BCUT2D eigenvalue weighted by atomic mass is 35.5. The monoisotopic (exact) mass is 391 g/mol. The summed E-state index contributed by atoms with van der Waals surface area (Å²) < 4.78 is 5.62. The molecule has 0 N–H and O–H groups in total. The molecular formula is C19H18ClNO4S. The molecule has 2 aromatic rings. The Bertz CT molecular complexity index is 805. The van der Waals surface area contributed by atoms with Crippen LogP contribution in [0.15, 0.2) is 42.5 Å². The fourth-order valence-corrected chi connectivity index (χ4v) is 3.81. The summed E-state index contributed by atoms with van der Waals surface area (Å²) in [6.45, 7) is 0.577. The van der Waals surface area contributed by atoms with Gasteiger partial charge in [0.1, 0.15) is 0 Å². The van der Waals surface area contributed by atoms with Crippen LogP contribution < -0.4 is 0 Å². The second-order valence-electron chi connectivity index (χ2n) is 6.11. The second-order valence-corrected chi connectivity index (χ2v) is 7.83. The molecule has 3 rings (SSSR count). The number of likely N-dealkylation sites (tertiary alicyclic amines) is 1. The van der Waals surface area contributed by atoms with E-state index >= 15 is 0 Å². The van der Waals surface area contributed by atoms with Crippen LogP contribution in [-0.2, 0) is 20.7 Å². The molecule has 0 spiro atoms. The summed E-state index contributed by atoms with van der Waals surface area (Å²) in [5.74, 6) is -1.37. The summed E-state index contributed by atoms with van der Waals surface area (Å²) in [5.41, 5.74) is 1.14. The molecule has 1 atom stereocenters. The highest BCUT2D eigenvalue weighted by Gasteiger charge is 2.35. The molecule has 1 saturated heterocycles. The molecule has 0 bridgehead atoms. The van der Waals surface area contributed by atoms with Crippen LogP contribution in [0.2, 0.25) is 4.34 Å². The maximum atomic E-state index is 12.2. The van der Waals surface area contributed by atoms with Gasteiger partial charge in [0.2, 0.25) is 11.7 Å². The Kier molecular flexibility index (Phi) is 6.06. The van der Waals surface area contributed by atoms with E-state index in [4.69, 9.17) is 16.3 Å². The maximum Gasteiger partial charge on any atom is 0.311 e. The van der Waals surface area contributed by atoms with Gasteiger partial charge in [-0.15, -0.1) is 11.3 Å². The summed E-state index contributed by atoms with van der Waals surface area (Å²) in [7, 11) is 0. The van der Waals surface area contributed by atoms with E-state index in [1.165, 1.54) is 0 Å². The Hall–Kier alpha value is -2.18. The lowest BCUT2D eigenvalue weighted by atomic mass is 10.1. The molecule has 5 nitrogen and oxygen atoms in total. The highest BCUT2D eigenvalue weighted by molar-refractivity contribution is 7.18. The summed E-state index contributed by atoms with van der Waals surface area (Å²) in [6, 6.07) is 13.1. The van der Waals surface area contributed by atoms with Crippen molar-refractivity contribution in [1.82, 2.24) is 4.90 Å². The standard InChI is InChI=1S/C19H18ClNO4S/c20-17-7-6-16(26-17)15(22)12-25-19(24)14-10-18(23)21(11-14)9-8-13-4-2-1-3-5-13/h1-7,14H,8-12H2. The van der Waals surface area contributed by atoms with Crippen molar-refractivity contribution in [3.63, 3.8) is 0 Å². The molecule has 1 aromatic heterocycles. The van der Waals surface area contributed by atoms with Gasteiger partial charge >= 0.3 is 5.97 Å². The molecule has 26 heavy (non-hydrogen) atoms. The van der Waals surface area contributed by atoms with Gasteiger partial charge in [-0.25, -0.2) is 0 Å². The smallest absolute Gasteiger partial charge is 0.311 e. The topological polar surface area (TPSA) is 63.7 Å². The molecular weight excluding hydrogens is 374 g/mol. The van der Waals surface area contributed by atoms with Crippen molar-refractivity contribution in [2.24, 2.45) is 5.92 Å². The van der Waals surface area contributed by atoms with Gasteiger partial charge in [0.15, 0.2) is 6.61 Å². The third-order valence-electron chi connectivity index (χ3n) is 4.25. The van der Waals surface area contributed by atoms with Crippen LogP contribution in [0.4, 0.5) is 0 Å². The number of benzene rings is 1. The average Bonchev–Trinajstić information content (AvgIpc) is 3.24. The average molecular weight is 392 g/mol. The number of ether oxygens (including phenoxy) is 1. The van der Waals surface area contributed by atoms with Gasteiger partial charge in [-0.1, -0.05) is 41.9 Å². The first-order valence-corrected chi connectivity index (χ1v) is 9.49. The first-order chi connectivity index (χ1) is 12.5. The predicted molar refractivity (Wildman–Crippen MR) is 99.5 cm³/mol. The zero-order chi connectivity index (χ0) is 18.5. The van der Waals surface area contributed by atoms with Crippen molar-refractivity contribution >= 4 is 40.6 Å². The number of hydrogen-bond donors (Lipinski definition) is 0. The van der Waals surface area contributed by atoms with Gasteiger partial charge in [-0.05, 0) is 24.1 Å². The maximum absolute atomic E-state index is 12.2. The molecule has 1 aromatic carbocycles. The van der Waals surface area contributed by atoms with E-state index < -0.39 is 11.9 Å². The Morgan fingerprint density at radius 1 is 1.19 bits per heavy atom. The number of carbonyl (C=O) groups is 3. The first-order valence-electron chi connectivity index (χ1n) is 8.30. The van der Waals surface area contributed by atoms with Gasteiger partial charge in [-0.2, -0.15) is 0 Å². The summed E-state index contributed by atoms with van der Waals surface area (Å²) >= 11 is 6.94. The zero-order valence-electron chi connectivity index (χ0n) is 14.0. The van der Waals surface area contributed by atoms with Crippen molar-refractivity contribution in [1.29, 1.82) is 0 Å². The number of Topliss-reactive ketones (excluding diaryl/α,β-unsaturated/α-hetero) is 1. The number of nitrogens with zero attached hydrogens (tertiary/aromatic N) is 1. The first kappa shape index (κ1) is 18.6. The van der Waals surface area contributed by atoms with Crippen LogP contribution in [-0.4, -0.2) is 42.3 Å². The van der Waals surface area contributed by atoms with Crippen LogP contribution in [0.3, 0.4) is 0 Å². The quantitative estimate of drug-likeness (QED) is 0.537. The Morgan fingerprint density at radius 3 is 2.65 bits per heavy atom. The van der Waals surface area contributed by atoms with E-state index in [1.54, 1.807) is 17.0 Å². The van der Waals surface area contributed by atoms with E-state index in [-0.39, 0.29) is 24.7 Å². The SMILES string of the molecule is O=C(COC(=O)C1CC(=O)N(CCc2ccccc2)C1)c1ccc(Cl)s1. The van der Waals surface area contributed by atoms with Crippen LogP contribution in [0.5, 0.6) is 0 Å². The fourth-order valence-electron chi connectivity index (χ4n) is 2.84. The normalized spacial score (nSPS) is 16.7. The Balaban J connectivity index is 1.46. The van der Waals surface area contributed by atoms with E-state index in [0.29, 0.717) is 22.3 Å². The van der Waals surface area contributed by atoms with Crippen molar-refractivity contribution in [2.75, 3.05) is 19.7 Å². The zero-order valence-corrected chi connectivity index (χ0v) is 15.6. The van der Waals surface area contributed by atoms with Crippen LogP contribution in [0, 0.1) is 5.92 Å². The second kappa shape index (κ2) is 8.47. The largest absolute Gasteiger partial charge is 0.457 e. The number of hydrogen-bond acceptors (Lipinski definition) is 5.